The van der Waals surface area contributed by atoms with E-state index in [4.69, 9.17) is 0 Å². The van der Waals surface area contributed by atoms with Gasteiger partial charge in [-0.2, -0.15) is 0 Å². The first kappa shape index (κ1) is 82.8. The molecule has 25 rings (SSSR count). The van der Waals surface area contributed by atoms with Crippen molar-refractivity contribution in [2.24, 2.45) is 42.3 Å². The maximum atomic E-state index is 2.68. The van der Waals surface area contributed by atoms with Gasteiger partial charge in [-0.15, -0.1) is 0 Å². The zero-order valence-corrected chi connectivity index (χ0v) is 74.9. The third-order valence-corrected chi connectivity index (χ3v) is 31.6. The molecule has 3 aromatic carbocycles. The molecule has 2 saturated carbocycles. The van der Waals surface area contributed by atoms with Crippen molar-refractivity contribution < 1.29 is 36.4 Å². The summed E-state index contributed by atoms with van der Waals surface area (Å²) in [5, 5.41) is 0. The first-order valence-corrected chi connectivity index (χ1v) is 45.2. The van der Waals surface area contributed by atoms with Crippen LogP contribution in [0.1, 0.15) is 171 Å². The van der Waals surface area contributed by atoms with E-state index in [-0.39, 0.29) is 0 Å². The summed E-state index contributed by atoms with van der Waals surface area (Å²) in [6.07, 6.45) is 34.2. The van der Waals surface area contributed by atoms with Crippen molar-refractivity contribution in [2.45, 2.75) is 229 Å². The minimum Gasteiger partial charge on any atom is -0.288 e. The second kappa shape index (κ2) is 34.3. The monoisotopic (exact) mass is 1600 g/mol. The predicted octanol–water partition coefficient (Wildman–Crippen LogP) is 13.3. The zero-order valence-electron chi connectivity index (χ0n) is 74.9. The Labute approximate surface area is 708 Å². The third-order valence-electron chi connectivity index (χ3n) is 31.6. The maximum Gasteiger partial charge on any atom is 0.281 e. The molecule has 16 atom stereocenters. The lowest BCUT2D eigenvalue weighted by molar-refractivity contribution is -0.947. The summed E-state index contributed by atoms with van der Waals surface area (Å²) in [5.41, 5.74) is 9.11. The smallest absolute Gasteiger partial charge is 0.281 e. The van der Waals surface area contributed by atoms with Crippen LogP contribution >= 0.6 is 0 Å². The molecule has 624 valence electrons. The number of hydrogen-bond acceptors (Lipinski definition) is 9. The Morgan fingerprint density at radius 3 is 1.23 bits per heavy atom. The van der Waals surface area contributed by atoms with E-state index in [1.54, 1.807) is 0 Å². The number of pyridine rings is 6. The molecule has 0 amide bonds. The van der Waals surface area contributed by atoms with E-state index in [1.165, 1.54) is 183 Å². The van der Waals surface area contributed by atoms with Gasteiger partial charge < -0.3 is 0 Å². The first-order valence-electron chi connectivity index (χ1n) is 45.2. The number of para-hydroxylation sites is 1. The standard InChI is InChI=1S/2C19H25N3.C18H22N3.C15H25N3.C15H24N3.C14H22N3/c1-15-21(19-10-6-7-12-20(19)2)17-11-13-22(15,3)18-9-5-4-8-16(18)14-17;1-15-21(19-10-6-7-12-20(19)2)18-11-13-22(15,3)14-16-8-4-5-9-17(16)18;1-13-20(3)16-12-17(15-9-5-4-8-14(15)16)21(13)18-10-6-7-11-19(18)2;1-13-17(15-8-4-5-10-16(15)2)14-7-6-11-18(13,3)12-9-14;1-12-17(3)13-7-9-14(10-8-13)18(12)15-6-4-5-11-16(15)2;1-11-16(3)12-7-8-13(10-12)17(11)14-6-4-5-9-15(14)2/h4-10,12,15,17H,11,13-14H2,1-3H3;4-10,12,15,18H,11,13-14H2,1-3H3;4-11,13,16-17H,12H2,1-3H3;4-5,8,10,13-14H,6-7,9,11-12H2,1-3H3;4-6,11-14H,7-10H2,1-3H3;4-6,9,11-13H,7-8,10H2,1-3H3/q2*+2;+1;+2;2*+1. The van der Waals surface area contributed by atoms with Crippen LogP contribution in [0, 0.1) is 0 Å². The lowest BCUT2D eigenvalue weighted by atomic mass is 9.91. The van der Waals surface area contributed by atoms with Gasteiger partial charge in [0, 0.05) is 142 Å². The summed E-state index contributed by atoms with van der Waals surface area (Å²) in [6, 6.07) is 72.0. The molecule has 0 spiro atoms. The lowest BCUT2D eigenvalue weighted by Gasteiger charge is -2.45. The molecule has 12 bridgehead atoms. The highest BCUT2D eigenvalue weighted by Crippen LogP contribution is 2.52. The molecule has 118 heavy (non-hydrogen) atoms. The summed E-state index contributed by atoms with van der Waals surface area (Å²) in [5.74, 6) is 8.01. The highest BCUT2D eigenvalue weighted by molar-refractivity contribution is 5.58. The summed E-state index contributed by atoms with van der Waals surface area (Å²) < 4.78 is 16.8. The molecule has 0 radical (unpaired) electrons. The van der Waals surface area contributed by atoms with Gasteiger partial charge in [-0.3, -0.25) is 28.1 Å². The van der Waals surface area contributed by atoms with Crippen LogP contribution in [-0.4, -0.2) is 165 Å². The third kappa shape index (κ3) is 15.5. The molecule has 16 unspecified atom stereocenters. The van der Waals surface area contributed by atoms with E-state index < -0.39 is 0 Å². The second-order valence-electron chi connectivity index (χ2n) is 37.9. The molecule has 9 aromatic rings. The summed E-state index contributed by atoms with van der Waals surface area (Å²) in [6.45, 7) is 20.5. The molecule has 11 fully saturated rings. The molecule has 0 N–H and O–H groups in total. The molecule has 13 aliphatic heterocycles. The van der Waals surface area contributed by atoms with E-state index in [9.17, 15) is 0 Å². The number of nitrogens with zero attached hydrogens (tertiary/aromatic N) is 18. The fraction of sp³-hybridized carbons (Fsp3) is 0.520. The van der Waals surface area contributed by atoms with Crippen molar-refractivity contribution >= 4 is 40.6 Å². The topological polar surface area (TPSA) is 52.4 Å². The number of fused-ring (bicyclic) bond motifs is 19. The second-order valence-corrected chi connectivity index (χ2v) is 37.9. The van der Waals surface area contributed by atoms with Gasteiger partial charge >= 0.3 is 0 Å². The van der Waals surface area contributed by atoms with Crippen LogP contribution in [0.2, 0.25) is 0 Å². The summed E-state index contributed by atoms with van der Waals surface area (Å²) in [7, 11) is 27.0. The quantitative estimate of drug-likeness (QED) is 0.120. The highest BCUT2D eigenvalue weighted by Gasteiger charge is 2.57. The van der Waals surface area contributed by atoms with Crippen molar-refractivity contribution in [2.75, 3.05) is 97.9 Å². The summed E-state index contributed by atoms with van der Waals surface area (Å²) in [4.78, 5) is 23.4. The van der Waals surface area contributed by atoms with E-state index in [2.05, 4.69) is 417 Å². The maximum absolute atomic E-state index is 2.68. The number of aryl methyl sites for hydroxylation is 6. The predicted molar refractivity (Wildman–Crippen MR) is 478 cm³/mol. The molecule has 3 aliphatic carbocycles. The van der Waals surface area contributed by atoms with Crippen LogP contribution in [0.25, 0.3) is 0 Å². The summed E-state index contributed by atoms with van der Waals surface area (Å²) >= 11 is 0. The zero-order chi connectivity index (χ0) is 82.6. The van der Waals surface area contributed by atoms with Crippen molar-refractivity contribution in [1.82, 2.24) is 19.2 Å². The van der Waals surface area contributed by atoms with Crippen molar-refractivity contribution in [3.05, 3.63) is 247 Å². The van der Waals surface area contributed by atoms with Gasteiger partial charge in [0.1, 0.15) is 54.9 Å². The van der Waals surface area contributed by atoms with Gasteiger partial charge in [0.05, 0.1) is 139 Å². The average Bonchev–Trinajstić information content (AvgIpc) is 1.57. The largest absolute Gasteiger partial charge is 0.288 e. The number of quaternary nitrogens is 3. The van der Waals surface area contributed by atoms with Gasteiger partial charge in [-0.25, -0.2) is 56.8 Å². The molecule has 19 heterocycles. The first-order chi connectivity index (χ1) is 56.9. The number of rotatable bonds is 6. The van der Waals surface area contributed by atoms with Gasteiger partial charge in [0.2, 0.25) is 18.5 Å². The Balaban J connectivity index is 0.000000106. The van der Waals surface area contributed by atoms with Gasteiger partial charge in [0.25, 0.3) is 34.9 Å². The average molecular weight is 1600 g/mol. The Hall–Kier alpha value is -8.88. The fourth-order valence-corrected chi connectivity index (χ4v) is 23.9. The molecule has 18 nitrogen and oxygen atoms in total. The number of anilines is 6. The van der Waals surface area contributed by atoms with Crippen LogP contribution in [0.4, 0.5) is 40.6 Å². The Kier molecular flexibility index (Phi) is 24.1. The van der Waals surface area contributed by atoms with Gasteiger partial charge in [-0.1, -0.05) is 103 Å². The molecule has 16 aliphatic rings. The van der Waals surface area contributed by atoms with Gasteiger partial charge in [-0.05, 0) is 135 Å². The van der Waals surface area contributed by atoms with Crippen molar-refractivity contribution in [3.63, 3.8) is 0 Å². The molecule has 18 heteroatoms. The molecule has 6 aromatic heterocycles. The Morgan fingerprint density at radius 2 is 0.678 bits per heavy atom. The highest BCUT2D eigenvalue weighted by atomic mass is 15.5. The van der Waals surface area contributed by atoms with Crippen molar-refractivity contribution in [3.8, 4) is 0 Å². The van der Waals surface area contributed by atoms with Crippen molar-refractivity contribution in [1.29, 1.82) is 0 Å². The van der Waals surface area contributed by atoms with E-state index in [0.717, 1.165) is 52.1 Å². The SMILES string of the molecule is CC1N(C)C2CC(c3ccccc32)N1c1cccc[n+]1C.CC1N(C)C2CCC(C2)N1c1cccc[n+]1C.CC1N(C)C2CCC(CC2)N1c1cccc[n+]1C.CC1N(c2cccc[n+]2C)C2CCC[N+]1(C)CC2.CC1N(c2cccc[n+]2C)C2CC[N+]1(C)Cc1ccccc12.CC1N(c2cccc[n+]2C)C2CC[N+]1(C)c1ccccc1C2. The molecular formula is C100H143N18+9. The van der Waals surface area contributed by atoms with Crippen LogP contribution in [-0.2, 0) is 55.3 Å². The fourth-order valence-electron chi connectivity index (χ4n) is 23.9. The molecule has 9 saturated heterocycles. The number of aromatic nitrogens is 6. The minimum absolute atomic E-state index is 0.398. The van der Waals surface area contributed by atoms with Crippen LogP contribution in [0.3, 0.4) is 0 Å². The van der Waals surface area contributed by atoms with Gasteiger partial charge in [0.15, 0.2) is 0 Å². The molecular weight excluding hydrogens is 1450 g/mol. The van der Waals surface area contributed by atoms with Crippen LogP contribution < -0.4 is 61.3 Å². The van der Waals surface area contributed by atoms with Crippen LogP contribution in [0.15, 0.2) is 219 Å². The van der Waals surface area contributed by atoms with E-state index >= 15 is 0 Å². The van der Waals surface area contributed by atoms with E-state index in [1.807, 2.05) is 0 Å². The van der Waals surface area contributed by atoms with Crippen LogP contribution in [0.5, 0.6) is 0 Å². The Bertz CT molecular complexity index is 4900. The normalized spacial score (nSPS) is 31.3. The lowest BCUT2D eigenvalue weighted by Crippen LogP contribution is -2.67. The number of hydrogen-bond donors (Lipinski definition) is 0. The minimum atomic E-state index is 0.398. The number of benzene rings is 3. The Morgan fingerprint density at radius 1 is 0.288 bits per heavy atom. The van der Waals surface area contributed by atoms with E-state index in [0.29, 0.717) is 61.2 Å².